The molecule has 0 aliphatic carbocycles. The molecule has 2 aromatic rings. The number of benzene rings is 2. The SMILES string of the molecule is CCCOC(=O)c1ccc(OCC(=O)NNC(=S)NC(=O)CCCC(=O)OCCCc2ccccc2)cc1. The van der Waals surface area contributed by atoms with E-state index in [0.717, 1.165) is 19.3 Å². The van der Waals surface area contributed by atoms with Gasteiger partial charge in [0.1, 0.15) is 5.75 Å². The molecule has 0 spiro atoms. The normalized spacial score (nSPS) is 10.1. The minimum Gasteiger partial charge on any atom is -0.484 e. The molecule has 204 valence electrons. The minimum atomic E-state index is -0.539. The molecule has 0 aliphatic heterocycles. The third-order valence-corrected chi connectivity index (χ3v) is 5.17. The van der Waals surface area contributed by atoms with Gasteiger partial charge in [0.05, 0.1) is 18.8 Å². The highest BCUT2D eigenvalue weighted by Crippen LogP contribution is 2.13. The van der Waals surface area contributed by atoms with Crippen molar-refractivity contribution in [1.29, 1.82) is 0 Å². The number of esters is 2. The van der Waals surface area contributed by atoms with Gasteiger partial charge >= 0.3 is 11.9 Å². The van der Waals surface area contributed by atoms with E-state index in [-0.39, 0.29) is 30.5 Å². The zero-order valence-electron chi connectivity index (χ0n) is 21.3. The Morgan fingerprint density at radius 1 is 0.816 bits per heavy atom. The number of hydrogen-bond donors (Lipinski definition) is 3. The number of nitrogens with one attached hydrogen (secondary N) is 3. The Morgan fingerprint density at radius 2 is 1.55 bits per heavy atom. The second-order valence-electron chi connectivity index (χ2n) is 8.16. The summed E-state index contributed by atoms with van der Waals surface area (Å²) >= 11 is 4.97. The fourth-order valence-corrected chi connectivity index (χ4v) is 3.23. The summed E-state index contributed by atoms with van der Waals surface area (Å²) in [4.78, 5) is 47.5. The molecule has 2 rings (SSSR count). The lowest BCUT2D eigenvalue weighted by atomic mass is 10.1. The van der Waals surface area contributed by atoms with Gasteiger partial charge in [-0.1, -0.05) is 37.3 Å². The lowest BCUT2D eigenvalue weighted by molar-refractivity contribution is -0.143. The average molecular weight is 544 g/mol. The number of hydrogen-bond acceptors (Lipinski definition) is 8. The van der Waals surface area contributed by atoms with Crippen molar-refractivity contribution in [1.82, 2.24) is 16.2 Å². The Bertz CT molecular complexity index is 1060. The monoisotopic (exact) mass is 543 g/mol. The third-order valence-electron chi connectivity index (χ3n) is 4.97. The molecule has 3 N–H and O–H groups in total. The number of carbonyl (C=O) groups is 4. The van der Waals surface area contributed by atoms with Crippen molar-refractivity contribution in [2.45, 2.75) is 45.4 Å². The van der Waals surface area contributed by atoms with E-state index in [4.69, 9.17) is 26.4 Å². The van der Waals surface area contributed by atoms with Gasteiger partial charge in [0.15, 0.2) is 11.7 Å². The first-order valence-electron chi connectivity index (χ1n) is 12.4. The van der Waals surface area contributed by atoms with E-state index in [1.165, 1.54) is 5.56 Å². The Hall–Kier alpha value is -3.99. The molecule has 2 amide bonds. The maximum absolute atomic E-state index is 12.0. The summed E-state index contributed by atoms with van der Waals surface area (Å²) in [6, 6.07) is 16.1. The van der Waals surface area contributed by atoms with Gasteiger partial charge in [-0.2, -0.15) is 0 Å². The van der Waals surface area contributed by atoms with E-state index in [2.05, 4.69) is 16.2 Å². The highest BCUT2D eigenvalue weighted by Gasteiger charge is 2.10. The summed E-state index contributed by atoms with van der Waals surface area (Å²) in [5, 5.41) is 2.32. The molecule has 0 heterocycles. The first kappa shape index (κ1) is 30.2. The summed E-state index contributed by atoms with van der Waals surface area (Å²) in [7, 11) is 0. The van der Waals surface area contributed by atoms with Crippen LogP contribution in [0.15, 0.2) is 54.6 Å². The first-order valence-corrected chi connectivity index (χ1v) is 12.8. The predicted molar refractivity (Wildman–Crippen MR) is 144 cm³/mol. The molecule has 0 radical (unpaired) electrons. The smallest absolute Gasteiger partial charge is 0.338 e. The second kappa shape index (κ2) is 17.5. The Morgan fingerprint density at radius 3 is 2.26 bits per heavy atom. The van der Waals surface area contributed by atoms with E-state index >= 15 is 0 Å². The Balaban J connectivity index is 1.52. The molecular formula is C27H33N3O7S. The largest absolute Gasteiger partial charge is 0.484 e. The van der Waals surface area contributed by atoms with Gasteiger partial charge in [0.25, 0.3) is 5.91 Å². The van der Waals surface area contributed by atoms with Crippen LogP contribution in [0.2, 0.25) is 0 Å². The van der Waals surface area contributed by atoms with Crippen LogP contribution < -0.4 is 20.9 Å². The van der Waals surface area contributed by atoms with Crippen molar-refractivity contribution >= 4 is 41.1 Å². The van der Waals surface area contributed by atoms with Crippen LogP contribution in [0, 0.1) is 0 Å². The lowest BCUT2D eigenvalue weighted by Gasteiger charge is -2.11. The lowest BCUT2D eigenvalue weighted by Crippen LogP contribution is -2.49. The Labute approximate surface area is 227 Å². The zero-order chi connectivity index (χ0) is 27.6. The zero-order valence-corrected chi connectivity index (χ0v) is 22.1. The van der Waals surface area contributed by atoms with Gasteiger partial charge in [-0.25, -0.2) is 4.79 Å². The summed E-state index contributed by atoms with van der Waals surface area (Å²) < 4.78 is 15.6. The molecule has 0 saturated carbocycles. The first-order chi connectivity index (χ1) is 18.4. The highest BCUT2D eigenvalue weighted by molar-refractivity contribution is 7.80. The van der Waals surface area contributed by atoms with E-state index in [1.54, 1.807) is 24.3 Å². The van der Waals surface area contributed by atoms with Gasteiger partial charge in [-0.15, -0.1) is 0 Å². The van der Waals surface area contributed by atoms with Crippen molar-refractivity contribution in [2.75, 3.05) is 19.8 Å². The fourth-order valence-electron chi connectivity index (χ4n) is 3.07. The molecule has 0 atom stereocenters. The van der Waals surface area contributed by atoms with Crippen LogP contribution >= 0.6 is 12.2 Å². The van der Waals surface area contributed by atoms with Crippen molar-refractivity contribution in [3.8, 4) is 5.75 Å². The summed E-state index contributed by atoms with van der Waals surface area (Å²) in [6.07, 6.45) is 2.79. The summed E-state index contributed by atoms with van der Waals surface area (Å²) in [6.45, 7) is 2.26. The molecule has 0 fully saturated rings. The molecule has 0 saturated heterocycles. The summed E-state index contributed by atoms with van der Waals surface area (Å²) in [5.74, 6) is -1.33. The molecule has 10 nitrogen and oxygen atoms in total. The molecule has 0 unspecified atom stereocenters. The predicted octanol–water partition coefficient (Wildman–Crippen LogP) is 3.00. The molecule has 38 heavy (non-hydrogen) atoms. The van der Waals surface area contributed by atoms with Gasteiger partial charge in [-0.3, -0.25) is 25.2 Å². The van der Waals surface area contributed by atoms with Crippen LogP contribution in [0.1, 0.15) is 54.9 Å². The molecule has 0 aliphatic rings. The van der Waals surface area contributed by atoms with E-state index in [0.29, 0.717) is 30.9 Å². The topological polar surface area (TPSA) is 132 Å². The van der Waals surface area contributed by atoms with Crippen LogP contribution in [0.3, 0.4) is 0 Å². The standard InChI is InChI=1S/C27H33N3O7S/c1-2-17-36-26(34)21-13-15-22(16-14-21)37-19-24(32)29-30-27(38)28-23(31)11-6-12-25(33)35-18-7-10-20-8-4-3-5-9-20/h3-5,8-9,13-16H,2,6-7,10-12,17-19H2,1H3,(H,29,32)(H2,28,30,31,38). The van der Waals surface area contributed by atoms with Crippen molar-refractivity contribution < 1.29 is 33.4 Å². The van der Waals surface area contributed by atoms with Gasteiger partial charge in [0.2, 0.25) is 5.91 Å². The maximum Gasteiger partial charge on any atom is 0.338 e. The van der Waals surface area contributed by atoms with Crippen LogP contribution in [-0.4, -0.2) is 48.7 Å². The van der Waals surface area contributed by atoms with Crippen LogP contribution in [-0.2, 0) is 30.3 Å². The van der Waals surface area contributed by atoms with E-state index in [9.17, 15) is 19.2 Å². The highest BCUT2D eigenvalue weighted by atomic mass is 32.1. The number of carbonyl (C=O) groups excluding carboxylic acids is 4. The third kappa shape index (κ3) is 12.8. The number of rotatable bonds is 14. The molecular weight excluding hydrogens is 510 g/mol. The molecule has 11 heteroatoms. The number of ether oxygens (including phenoxy) is 3. The van der Waals surface area contributed by atoms with Crippen LogP contribution in [0.4, 0.5) is 0 Å². The second-order valence-corrected chi connectivity index (χ2v) is 8.57. The van der Waals surface area contributed by atoms with Gasteiger partial charge < -0.3 is 19.5 Å². The van der Waals surface area contributed by atoms with Crippen molar-refractivity contribution in [2.24, 2.45) is 0 Å². The van der Waals surface area contributed by atoms with Crippen molar-refractivity contribution in [3.05, 3.63) is 65.7 Å². The van der Waals surface area contributed by atoms with Gasteiger partial charge in [-0.05, 0) is 67.7 Å². The molecule has 0 aromatic heterocycles. The average Bonchev–Trinajstić information content (AvgIpc) is 2.92. The minimum absolute atomic E-state index is 0.0694. The van der Waals surface area contributed by atoms with Crippen LogP contribution in [0.25, 0.3) is 0 Å². The fraction of sp³-hybridized carbons (Fsp3) is 0.370. The van der Waals surface area contributed by atoms with Gasteiger partial charge in [0, 0.05) is 12.8 Å². The number of thiocarbonyl (C=S) groups is 1. The summed E-state index contributed by atoms with van der Waals surface area (Å²) in [5.41, 5.74) is 6.28. The number of aryl methyl sites for hydroxylation is 1. The molecule has 2 aromatic carbocycles. The van der Waals surface area contributed by atoms with E-state index < -0.39 is 17.8 Å². The number of hydrazine groups is 1. The number of amides is 2. The van der Waals surface area contributed by atoms with E-state index in [1.807, 2.05) is 37.3 Å². The maximum atomic E-state index is 12.0. The van der Waals surface area contributed by atoms with Crippen molar-refractivity contribution in [3.63, 3.8) is 0 Å². The Kier molecular flexibility index (Phi) is 13.9. The quantitative estimate of drug-likeness (QED) is 0.142. The van der Waals surface area contributed by atoms with Crippen LogP contribution in [0.5, 0.6) is 5.75 Å². The molecule has 0 bridgehead atoms.